The van der Waals surface area contributed by atoms with Crippen LogP contribution in [0.2, 0.25) is 0 Å². The molecule has 5 nitrogen and oxygen atoms in total. The van der Waals surface area contributed by atoms with Crippen LogP contribution in [0.25, 0.3) is 0 Å². The summed E-state index contributed by atoms with van der Waals surface area (Å²) in [5.41, 5.74) is 1.06. The average Bonchev–Trinajstić information content (AvgIpc) is 2.74. The number of hydrogen-bond donors (Lipinski definition) is 2. The molecule has 1 aliphatic heterocycles. The topological polar surface area (TPSA) is 63.2 Å². The molecule has 1 aliphatic rings. The SMILES string of the molecule is COCCC(=O)Nc1nc2c(s1)CNC2. The summed E-state index contributed by atoms with van der Waals surface area (Å²) in [6.07, 6.45) is 0.374. The van der Waals surface area contributed by atoms with Crippen molar-refractivity contribution in [2.45, 2.75) is 19.5 Å². The van der Waals surface area contributed by atoms with Crippen molar-refractivity contribution in [3.63, 3.8) is 0 Å². The van der Waals surface area contributed by atoms with Crippen LogP contribution in [0, 0.1) is 0 Å². The third kappa shape index (κ3) is 2.53. The molecule has 1 aromatic heterocycles. The highest BCUT2D eigenvalue weighted by atomic mass is 32.1. The monoisotopic (exact) mass is 227 g/mol. The molecule has 1 amide bonds. The molecule has 0 aliphatic carbocycles. The van der Waals surface area contributed by atoms with Crippen molar-refractivity contribution in [1.82, 2.24) is 10.3 Å². The van der Waals surface area contributed by atoms with Gasteiger partial charge in [-0.3, -0.25) is 4.79 Å². The van der Waals surface area contributed by atoms with E-state index in [2.05, 4.69) is 15.6 Å². The van der Waals surface area contributed by atoms with Crippen LogP contribution in [0.4, 0.5) is 5.13 Å². The fraction of sp³-hybridized carbons (Fsp3) is 0.556. The first-order valence-electron chi connectivity index (χ1n) is 4.77. The predicted octanol–water partition coefficient (Wildman–Crippen LogP) is 0.721. The van der Waals surface area contributed by atoms with E-state index in [9.17, 15) is 4.79 Å². The van der Waals surface area contributed by atoms with E-state index in [1.54, 1.807) is 7.11 Å². The molecule has 2 heterocycles. The van der Waals surface area contributed by atoms with Crippen LogP contribution in [0.1, 0.15) is 17.0 Å². The Morgan fingerprint density at radius 2 is 2.53 bits per heavy atom. The van der Waals surface area contributed by atoms with Crippen molar-refractivity contribution in [2.24, 2.45) is 0 Å². The maximum atomic E-state index is 11.4. The van der Waals surface area contributed by atoms with Gasteiger partial charge in [-0.15, -0.1) is 11.3 Å². The van der Waals surface area contributed by atoms with Gasteiger partial charge >= 0.3 is 0 Å². The molecule has 6 heteroatoms. The molecule has 0 atom stereocenters. The largest absolute Gasteiger partial charge is 0.384 e. The number of rotatable bonds is 4. The van der Waals surface area contributed by atoms with Crippen LogP contribution in [-0.2, 0) is 22.6 Å². The van der Waals surface area contributed by atoms with Crippen molar-refractivity contribution < 1.29 is 9.53 Å². The Hall–Kier alpha value is -0.980. The number of amides is 1. The lowest BCUT2D eigenvalue weighted by molar-refractivity contribution is -0.117. The van der Waals surface area contributed by atoms with Crippen molar-refractivity contribution in [3.8, 4) is 0 Å². The number of hydrogen-bond acceptors (Lipinski definition) is 5. The molecule has 0 aromatic carbocycles. The number of thiazole rings is 1. The zero-order valence-corrected chi connectivity index (χ0v) is 9.32. The molecule has 0 radical (unpaired) electrons. The second-order valence-corrected chi connectivity index (χ2v) is 4.37. The lowest BCUT2D eigenvalue weighted by atomic mass is 10.4. The van der Waals surface area contributed by atoms with E-state index >= 15 is 0 Å². The molecule has 0 bridgehead atoms. The minimum atomic E-state index is -0.0442. The summed E-state index contributed by atoms with van der Waals surface area (Å²) in [5, 5.41) is 6.66. The van der Waals surface area contributed by atoms with E-state index in [4.69, 9.17) is 4.74 Å². The Bertz CT molecular complexity index is 343. The van der Waals surface area contributed by atoms with Gasteiger partial charge in [0.25, 0.3) is 0 Å². The summed E-state index contributed by atoms with van der Waals surface area (Å²) >= 11 is 1.54. The van der Waals surface area contributed by atoms with Gasteiger partial charge in [-0.2, -0.15) is 0 Å². The second kappa shape index (κ2) is 4.69. The van der Waals surface area contributed by atoms with Crippen LogP contribution in [0.15, 0.2) is 0 Å². The van der Waals surface area contributed by atoms with Gasteiger partial charge in [0, 0.05) is 25.1 Å². The first kappa shape index (κ1) is 10.5. The van der Waals surface area contributed by atoms with Crippen LogP contribution in [-0.4, -0.2) is 24.6 Å². The molecule has 0 saturated heterocycles. The fourth-order valence-corrected chi connectivity index (χ4v) is 2.35. The van der Waals surface area contributed by atoms with E-state index in [-0.39, 0.29) is 5.91 Å². The van der Waals surface area contributed by atoms with Gasteiger partial charge in [-0.1, -0.05) is 0 Å². The number of aromatic nitrogens is 1. The third-order valence-electron chi connectivity index (χ3n) is 2.14. The van der Waals surface area contributed by atoms with E-state index in [0.717, 1.165) is 18.8 Å². The highest BCUT2D eigenvalue weighted by Gasteiger charge is 2.16. The normalized spacial score (nSPS) is 13.9. The minimum Gasteiger partial charge on any atom is -0.384 e. The maximum absolute atomic E-state index is 11.4. The molecule has 1 aromatic rings. The number of nitrogens with zero attached hydrogens (tertiary/aromatic N) is 1. The van der Waals surface area contributed by atoms with Crippen LogP contribution < -0.4 is 10.6 Å². The van der Waals surface area contributed by atoms with E-state index in [1.807, 2.05) is 0 Å². The lowest BCUT2D eigenvalue weighted by Crippen LogP contribution is -2.13. The van der Waals surface area contributed by atoms with E-state index in [0.29, 0.717) is 18.2 Å². The standard InChI is InChI=1S/C9H13N3O2S/c1-14-3-2-8(13)12-9-11-6-4-10-5-7(6)15-9/h10H,2-5H2,1H3,(H,11,12,13). The molecule has 0 unspecified atom stereocenters. The molecule has 15 heavy (non-hydrogen) atoms. The Balaban J connectivity index is 1.90. The summed E-state index contributed by atoms with van der Waals surface area (Å²) in [7, 11) is 1.58. The Morgan fingerprint density at radius 1 is 1.67 bits per heavy atom. The average molecular weight is 227 g/mol. The maximum Gasteiger partial charge on any atom is 0.228 e. The number of anilines is 1. The number of methoxy groups -OCH3 is 1. The summed E-state index contributed by atoms with van der Waals surface area (Å²) in [5.74, 6) is -0.0442. The van der Waals surface area contributed by atoms with Gasteiger partial charge < -0.3 is 15.4 Å². The van der Waals surface area contributed by atoms with Crippen molar-refractivity contribution >= 4 is 22.4 Å². The summed E-state index contributed by atoms with van der Waals surface area (Å²) in [6, 6.07) is 0. The molecule has 2 rings (SSSR count). The quantitative estimate of drug-likeness (QED) is 0.795. The Labute approximate surface area is 91.9 Å². The Kier molecular flexibility index (Phi) is 3.30. The van der Waals surface area contributed by atoms with Gasteiger partial charge in [0.1, 0.15) is 0 Å². The van der Waals surface area contributed by atoms with Crippen LogP contribution in [0.5, 0.6) is 0 Å². The first-order valence-corrected chi connectivity index (χ1v) is 5.59. The van der Waals surface area contributed by atoms with E-state index < -0.39 is 0 Å². The zero-order chi connectivity index (χ0) is 10.7. The molecule has 0 spiro atoms. The summed E-state index contributed by atoms with van der Waals surface area (Å²) in [6.45, 7) is 2.11. The van der Waals surface area contributed by atoms with Crippen molar-refractivity contribution in [1.29, 1.82) is 0 Å². The summed E-state index contributed by atoms with van der Waals surface area (Å²) in [4.78, 5) is 16.9. The first-order chi connectivity index (χ1) is 7.29. The smallest absolute Gasteiger partial charge is 0.228 e. The van der Waals surface area contributed by atoms with Gasteiger partial charge in [0.15, 0.2) is 5.13 Å². The van der Waals surface area contributed by atoms with E-state index in [1.165, 1.54) is 16.2 Å². The molecule has 0 fully saturated rings. The molecular formula is C9H13N3O2S. The number of fused-ring (bicyclic) bond motifs is 1. The van der Waals surface area contributed by atoms with Gasteiger partial charge in [-0.25, -0.2) is 4.98 Å². The van der Waals surface area contributed by atoms with Gasteiger partial charge in [0.2, 0.25) is 5.91 Å². The molecule has 2 N–H and O–H groups in total. The highest BCUT2D eigenvalue weighted by Crippen LogP contribution is 2.26. The molecule has 0 saturated carbocycles. The fourth-order valence-electron chi connectivity index (χ4n) is 1.38. The van der Waals surface area contributed by atoms with Crippen LogP contribution >= 0.6 is 11.3 Å². The lowest BCUT2D eigenvalue weighted by Gasteiger charge is -2.00. The summed E-state index contributed by atoms with van der Waals surface area (Å²) < 4.78 is 4.82. The highest BCUT2D eigenvalue weighted by molar-refractivity contribution is 7.15. The number of carbonyl (C=O) groups excluding carboxylic acids is 1. The minimum absolute atomic E-state index is 0.0442. The van der Waals surface area contributed by atoms with Crippen molar-refractivity contribution in [3.05, 3.63) is 10.6 Å². The number of nitrogens with one attached hydrogen (secondary N) is 2. The van der Waals surface area contributed by atoms with Gasteiger partial charge in [0.05, 0.1) is 18.7 Å². The predicted molar refractivity (Wildman–Crippen MR) is 57.8 cm³/mol. The Morgan fingerprint density at radius 3 is 3.27 bits per heavy atom. The van der Waals surface area contributed by atoms with Crippen LogP contribution in [0.3, 0.4) is 0 Å². The number of ether oxygens (including phenoxy) is 1. The van der Waals surface area contributed by atoms with Gasteiger partial charge in [-0.05, 0) is 0 Å². The molecule has 82 valence electrons. The molecular weight excluding hydrogens is 214 g/mol. The zero-order valence-electron chi connectivity index (χ0n) is 8.50. The van der Waals surface area contributed by atoms with Crippen molar-refractivity contribution in [2.75, 3.05) is 19.0 Å². The second-order valence-electron chi connectivity index (χ2n) is 3.28. The number of carbonyl (C=O) groups is 1. The third-order valence-corrected chi connectivity index (χ3v) is 3.15.